The number of quaternary nitrogens is 1. The number of benzene rings is 2. The maximum absolute atomic E-state index is 14.1. The number of likely N-dealkylation sites (tertiary alicyclic amines) is 1. The van der Waals surface area contributed by atoms with Crippen molar-refractivity contribution in [2.24, 2.45) is 5.92 Å². The van der Waals surface area contributed by atoms with Crippen LogP contribution >= 0.6 is 0 Å². The number of rotatable bonds is 12. The van der Waals surface area contributed by atoms with E-state index >= 15 is 0 Å². The molecule has 1 N–H and O–H groups in total. The van der Waals surface area contributed by atoms with Crippen LogP contribution in [-0.4, -0.2) is 83.9 Å². The quantitative estimate of drug-likeness (QED) is 0.228. The van der Waals surface area contributed by atoms with Gasteiger partial charge >= 0.3 is 0 Å². The van der Waals surface area contributed by atoms with Crippen LogP contribution in [0.15, 0.2) is 35.9 Å². The molecule has 1 atom stereocenters. The Kier molecular flexibility index (Phi) is 10.3. The van der Waals surface area contributed by atoms with Crippen molar-refractivity contribution in [1.29, 1.82) is 0 Å². The summed E-state index contributed by atoms with van der Waals surface area (Å²) < 4.78 is 27.9. The lowest BCUT2D eigenvalue weighted by atomic mass is 9.93. The first-order valence-electron chi connectivity index (χ1n) is 14.4. The Bertz CT molecular complexity index is 1290. The third-order valence-electron chi connectivity index (χ3n) is 7.69. The lowest BCUT2D eigenvalue weighted by molar-refractivity contribution is -0.908. The minimum atomic E-state index is -0.915. The summed E-state index contributed by atoms with van der Waals surface area (Å²) in [6.45, 7) is 10.8. The van der Waals surface area contributed by atoms with Gasteiger partial charge in [-0.3, -0.25) is 9.59 Å². The molecular formula is C32H42N2O8. The Balaban J connectivity index is 1.77. The minimum Gasteiger partial charge on any atom is -0.872 e. The Morgan fingerprint density at radius 1 is 1.05 bits per heavy atom. The molecule has 2 aromatic rings. The highest BCUT2D eigenvalue weighted by Gasteiger charge is 2.44. The molecule has 0 aliphatic carbocycles. The highest BCUT2D eigenvalue weighted by molar-refractivity contribution is 6.46. The number of carbonyl (C=O) groups is 2. The van der Waals surface area contributed by atoms with E-state index < -0.39 is 23.5 Å². The number of ketones is 1. The van der Waals surface area contributed by atoms with Gasteiger partial charge in [0.15, 0.2) is 11.5 Å². The van der Waals surface area contributed by atoms with Crippen LogP contribution in [0.25, 0.3) is 5.76 Å². The van der Waals surface area contributed by atoms with E-state index in [4.69, 9.17) is 23.7 Å². The molecular weight excluding hydrogens is 540 g/mol. The molecule has 2 heterocycles. The number of hydrogen-bond donors (Lipinski definition) is 1. The SMILES string of the molecule is COc1cc(C2C(=C([O-])c3ccc(OCC(C)C)cc3C)C(=O)C(=O)N2CCC[NH+]2CCOCC2)cc(OC)c1OC. The number of hydrogen-bond acceptors (Lipinski definition) is 8. The third-order valence-corrected chi connectivity index (χ3v) is 7.69. The molecule has 2 aliphatic rings. The van der Waals surface area contributed by atoms with Gasteiger partial charge in [0, 0.05) is 18.5 Å². The summed E-state index contributed by atoms with van der Waals surface area (Å²) in [6, 6.07) is 7.65. The molecule has 0 saturated carbocycles. The topological polar surface area (TPSA) is 111 Å². The van der Waals surface area contributed by atoms with E-state index in [1.165, 1.54) is 31.1 Å². The Morgan fingerprint density at radius 3 is 2.29 bits per heavy atom. The Labute approximate surface area is 247 Å². The van der Waals surface area contributed by atoms with Gasteiger partial charge in [-0.25, -0.2) is 0 Å². The molecule has 228 valence electrons. The zero-order chi connectivity index (χ0) is 30.4. The van der Waals surface area contributed by atoms with Gasteiger partial charge in [-0.1, -0.05) is 25.7 Å². The average Bonchev–Trinajstić information content (AvgIpc) is 3.24. The van der Waals surface area contributed by atoms with Crippen molar-refractivity contribution in [3.8, 4) is 23.0 Å². The number of amides is 1. The highest BCUT2D eigenvalue weighted by atomic mass is 16.5. The van der Waals surface area contributed by atoms with E-state index in [9.17, 15) is 14.7 Å². The molecule has 2 aromatic carbocycles. The summed E-state index contributed by atoms with van der Waals surface area (Å²) in [4.78, 5) is 30.0. The average molecular weight is 583 g/mol. The number of Topliss-reactive ketones (excluding diaryl/α,β-unsaturated/α-hetero) is 1. The van der Waals surface area contributed by atoms with E-state index in [1.807, 2.05) is 0 Å². The van der Waals surface area contributed by atoms with Crippen molar-refractivity contribution in [3.63, 3.8) is 0 Å². The van der Waals surface area contributed by atoms with Gasteiger partial charge in [-0.2, -0.15) is 0 Å². The van der Waals surface area contributed by atoms with Crippen LogP contribution in [0.2, 0.25) is 0 Å². The second-order valence-electron chi connectivity index (χ2n) is 11.1. The minimum absolute atomic E-state index is 0.0908. The van der Waals surface area contributed by atoms with Gasteiger partial charge in [0.25, 0.3) is 5.91 Å². The molecule has 4 rings (SSSR count). The summed E-state index contributed by atoms with van der Waals surface area (Å²) >= 11 is 0. The molecule has 10 heteroatoms. The number of nitrogens with zero attached hydrogens (tertiary/aromatic N) is 1. The summed E-state index contributed by atoms with van der Waals surface area (Å²) in [6.07, 6.45) is 0.664. The van der Waals surface area contributed by atoms with Crippen LogP contribution in [0.3, 0.4) is 0 Å². The largest absolute Gasteiger partial charge is 0.872 e. The molecule has 0 bridgehead atoms. The molecule has 1 unspecified atom stereocenters. The first kappa shape index (κ1) is 31.2. The molecule has 0 spiro atoms. The van der Waals surface area contributed by atoms with E-state index in [0.29, 0.717) is 78.4 Å². The first-order valence-corrected chi connectivity index (χ1v) is 14.4. The van der Waals surface area contributed by atoms with E-state index in [0.717, 1.165) is 19.6 Å². The monoisotopic (exact) mass is 582 g/mol. The number of morpholine rings is 1. The summed E-state index contributed by atoms with van der Waals surface area (Å²) in [7, 11) is 4.50. The van der Waals surface area contributed by atoms with Crippen LogP contribution < -0.4 is 29.0 Å². The molecule has 0 radical (unpaired) electrons. The maximum Gasteiger partial charge on any atom is 0.295 e. The van der Waals surface area contributed by atoms with Gasteiger partial charge < -0.3 is 38.6 Å². The first-order chi connectivity index (χ1) is 20.2. The normalized spacial score (nSPS) is 18.9. The van der Waals surface area contributed by atoms with Crippen molar-refractivity contribution < 1.29 is 43.3 Å². The smallest absolute Gasteiger partial charge is 0.295 e. The van der Waals surface area contributed by atoms with Crippen LogP contribution in [0.5, 0.6) is 23.0 Å². The number of aryl methyl sites for hydroxylation is 1. The number of nitrogens with one attached hydrogen (secondary N) is 1. The van der Waals surface area contributed by atoms with Gasteiger partial charge in [-0.05, 0) is 53.8 Å². The van der Waals surface area contributed by atoms with Gasteiger partial charge in [0.05, 0.1) is 53.7 Å². The summed E-state index contributed by atoms with van der Waals surface area (Å²) in [5.74, 6) is 0.130. The Hall–Kier alpha value is -3.76. The van der Waals surface area contributed by atoms with Gasteiger partial charge in [0.1, 0.15) is 18.8 Å². The fourth-order valence-corrected chi connectivity index (χ4v) is 5.50. The van der Waals surface area contributed by atoms with Crippen LogP contribution in [-0.2, 0) is 14.3 Å². The second kappa shape index (κ2) is 13.9. The number of carbonyl (C=O) groups excluding carboxylic acids is 2. The van der Waals surface area contributed by atoms with Gasteiger partial charge in [0.2, 0.25) is 11.5 Å². The van der Waals surface area contributed by atoms with Crippen molar-refractivity contribution in [3.05, 3.63) is 52.6 Å². The Morgan fingerprint density at radius 2 is 1.71 bits per heavy atom. The molecule has 2 saturated heterocycles. The lowest BCUT2D eigenvalue weighted by Gasteiger charge is -2.30. The third kappa shape index (κ3) is 6.65. The molecule has 2 aliphatic heterocycles. The van der Waals surface area contributed by atoms with E-state index in [1.54, 1.807) is 37.3 Å². The van der Waals surface area contributed by atoms with Gasteiger partial charge in [-0.15, -0.1) is 0 Å². The molecule has 42 heavy (non-hydrogen) atoms. The highest BCUT2D eigenvalue weighted by Crippen LogP contribution is 2.45. The van der Waals surface area contributed by atoms with Crippen LogP contribution in [0, 0.1) is 12.8 Å². The number of methoxy groups -OCH3 is 3. The second-order valence-corrected chi connectivity index (χ2v) is 11.1. The predicted molar refractivity (Wildman–Crippen MR) is 155 cm³/mol. The standard InChI is InChI=1S/C32H42N2O8/c1-20(2)19-42-23-8-9-24(21(3)16-23)29(35)27-28(22-17-25(38-4)31(40-6)26(18-22)39-5)34(32(37)30(27)36)11-7-10-33-12-14-41-15-13-33/h8-9,16-18,20,28,35H,7,10-15,19H2,1-6H3. The maximum atomic E-state index is 14.1. The lowest BCUT2D eigenvalue weighted by Crippen LogP contribution is -3.14. The van der Waals surface area contributed by atoms with Crippen LogP contribution in [0.4, 0.5) is 0 Å². The molecule has 2 fully saturated rings. The van der Waals surface area contributed by atoms with E-state index in [-0.39, 0.29) is 5.57 Å². The number of ether oxygens (including phenoxy) is 5. The van der Waals surface area contributed by atoms with Crippen molar-refractivity contribution in [2.45, 2.75) is 33.2 Å². The van der Waals surface area contributed by atoms with Crippen LogP contribution in [0.1, 0.15) is 43.0 Å². The fraction of sp³-hybridized carbons (Fsp3) is 0.500. The van der Waals surface area contributed by atoms with Crippen molar-refractivity contribution >= 4 is 17.4 Å². The van der Waals surface area contributed by atoms with Crippen molar-refractivity contribution in [2.75, 3.05) is 67.3 Å². The van der Waals surface area contributed by atoms with E-state index in [2.05, 4.69) is 13.8 Å². The molecule has 0 aromatic heterocycles. The van der Waals surface area contributed by atoms with Crippen molar-refractivity contribution in [1.82, 2.24) is 4.90 Å². The zero-order valence-electron chi connectivity index (χ0n) is 25.4. The zero-order valence-corrected chi connectivity index (χ0v) is 25.4. The predicted octanol–water partition coefficient (Wildman–Crippen LogP) is 1.58. The summed E-state index contributed by atoms with van der Waals surface area (Å²) in [5, 5.41) is 14.1. The summed E-state index contributed by atoms with van der Waals surface area (Å²) in [5.41, 5.74) is 1.44. The molecule has 10 nitrogen and oxygen atoms in total. The fourth-order valence-electron chi connectivity index (χ4n) is 5.50. The molecule has 1 amide bonds.